The van der Waals surface area contributed by atoms with E-state index in [0.717, 1.165) is 0 Å². The Kier molecular flexibility index (Phi) is 3.40. The normalized spacial score (nSPS) is 24.4. The van der Waals surface area contributed by atoms with E-state index in [1.54, 1.807) is 18.2 Å². The van der Waals surface area contributed by atoms with Gasteiger partial charge < -0.3 is 10.5 Å². The molecular formula is C15H20ClNO2. The monoisotopic (exact) mass is 281 g/mol. The van der Waals surface area contributed by atoms with Crippen molar-refractivity contribution < 1.29 is 9.53 Å². The van der Waals surface area contributed by atoms with E-state index in [4.69, 9.17) is 22.1 Å². The standard InChI is InChI=1S/C15H20ClNO2/c1-14(2)8-11(15(3,4)19-14)13(18)10-6-5-9(16)7-12(10)17/h5-7,11H,8,17H2,1-4H3. The predicted octanol–water partition coefficient (Wildman–Crippen LogP) is 3.70. The van der Waals surface area contributed by atoms with E-state index in [0.29, 0.717) is 22.7 Å². The van der Waals surface area contributed by atoms with Gasteiger partial charge in [0.05, 0.1) is 17.1 Å². The van der Waals surface area contributed by atoms with Crippen LogP contribution in [0.25, 0.3) is 0 Å². The molecule has 0 aromatic heterocycles. The van der Waals surface area contributed by atoms with Gasteiger partial charge in [-0.05, 0) is 52.3 Å². The van der Waals surface area contributed by atoms with Crippen molar-refractivity contribution in [3.63, 3.8) is 0 Å². The maximum atomic E-state index is 12.7. The number of nitrogens with two attached hydrogens (primary N) is 1. The molecule has 0 amide bonds. The van der Waals surface area contributed by atoms with Crippen LogP contribution in [0.4, 0.5) is 5.69 Å². The van der Waals surface area contributed by atoms with E-state index in [2.05, 4.69) is 0 Å². The van der Waals surface area contributed by atoms with E-state index < -0.39 is 5.60 Å². The second-order valence-electron chi connectivity index (χ2n) is 6.32. The molecular weight excluding hydrogens is 262 g/mol. The molecule has 0 saturated carbocycles. The van der Waals surface area contributed by atoms with Crippen LogP contribution in [0.5, 0.6) is 0 Å². The fourth-order valence-corrected chi connectivity index (χ4v) is 3.10. The molecule has 3 nitrogen and oxygen atoms in total. The van der Waals surface area contributed by atoms with Crippen molar-refractivity contribution >= 4 is 23.1 Å². The molecule has 0 spiro atoms. The Morgan fingerprint density at radius 3 is 2.47 bits per heavy atom. The molecule has 0 bridgehead atoms. The van der Waals surface area contributed by atoms with E-state index in [1.165, 1.54) is 0 Å². The first kappa shape index (κ1) is 14.4. The first-order valence-electron chi connectivity index (χ1n) is 6.42. The highest BCUT2D eigenvalue weighted by molar-refractivity contribution is 6.31. The number of hydrogen-bond acceptors (Lipinski definition) is 3. The van der Waals surface area contributed by atoms with E-state index in [9.17, 15) is 4.79 Å². The van der Waals surface area contributed by atoms with Crippen LogP contribution in [0, 0.1) is 5.92 Å². The molecule has 1 aromatic rings. The van der Waals surface area contributed by atoms with Crippen molar-refractivity contribution in [3.05, 3.63) is 28.8 Å². The van der Waals surface area contributed by atoms with Crippen LogP contribution in [-0.4, -0.2) is 17.0 Å². The van der Waals surface area contributed by atoms with Crippen LogP contribution in [0.1, 0.15) is 44.5 Å². The summed E-state index contributed by atoms with van der Waals surface area (Å²) in [6, 6.07) is 5.00. The molecule has 0 aliphatic carbocycles. The molecule has 1 aliphatic heterocycles. The number of hydrogen-bond donors (Lipinski definition) is 1. The minimum atomic E-state index is -0.480. The van der Waals surface area contributed by atoms with Crippen molar-refractivity contribution in [2.75, 3.05) is 5.73 Å². The van der Waals surface area contributed by atoms with Gasteiger partial charge in [0.2, 0.25) is 0 Å². The van der Waals surface area contributed by atoms with Crippen LogP contribution in [0.2, 0.25) is 5.02 Å². The van der Waals surface area contributed by atoms with Crippen LogP contribution in [-0.2, 0) is 4.74 Å². The maximum absolute atomic E-state index is 12.7. The third-order valence-electron chi connectivity index (χ3n) is 3.67. The number of ether oxygens (including phenoxy) is 1. The van der Waals surface area contributed by atoms with Gasteiger partial charge in [-0.25, -0.2) is 0 Å². The highest BCUT2D eigenvalue weighted by atomic mass is 35.5. The summed E-state index contributed by atoms with van der Waals surface area (Å²) in [6.45, 7) is 7.92. The molecule has 4 heteroatoms. The maximum Gasteiger partial charge on any atom is 0.170 e. The zero-order valence-electron chi connectivity index (χ0n) is 11.8. The lowest BCUT2D eigenvalue weighted by Crippen LogP contribution is -2.34. The van der Waals surface area contributed by atoms with Crippen molar-refractivity contribution in [1.82, 2.24) is 0 Å². The van der Waals surface area contributed by atoms with Gasteiger partial charge in [-0.3, -0.25) is 4.79 Å². The average Bonchev–Trinajstić information content (AvgIpc) is 2.45. The van der Waals surface area contributed by atoms with Gasteiger partial charge in [0.15, 0.2) is 5.78 Å². The number of carbonyl (C=O) groups is 1. The number of halogens is 1. The quantitative estimate of drug-likeness (QED) is 0.664. The molecule has 1 atom stereocenters. The van der Waals surface area contributed by atoms with Crippen LogP contribution in [0.3, 0.4) is 0 Å². The number of benzene rings is 1. The lowest BCUT2D eigenvalue weighted by molar-refractivity contribution is -0.0712. The predicted molar refractivity (Wildman–Crippen MR) is 77.5 cm³/mol. The molecule has 1 aliphatic rings. The van der Waals surface area contributed by atoms with E-state index in [1.807, 2.05) is 27.7 Å². The summed E-state index contributed by atoms with van der Waals surface area (Å²) < 4.78 is 5.97. The molecule has 1 heterocycles. The molecule has 1 fully saturated rings. The number of anilines is 1. The summed E-state index contributed by atoms with van der Waals surface area (Å²) in [6.07, 6.45) is 0.695. The summed E-state index contributed by atoms with van der Waals surface area (Å²) in [7, 11) is 0. The molecule has 19 heavy (non-hydrogen) atoms. The molecule has 2 N–H and O–H groups in total. The van der Waals surface area contributed by atoms with E-state index >= 15 is 0 Å². The van der Waals surface area contributed by atoms with Gasteiger partial charge in [0.1, 0.15) is 0 Å². The fraction of sp³-hybridized carbons (Fsp3) is 0.533. The first-order chi connectivity index (χ1) is 8.62. The van der Waals surface area contributed by atoms with Crippen molar-refractivity contribution in [2.24, 2.45) is 5.92 Å². The van der Waals surface area contributed by atoms with Gasteiger partial charge >= 0.3 is 0 Å². The number of Topliss-reactive ketones (excluding diaryl/α,β-unsaturated/α-hetero) is 1. The minimum Gasteiger partial charge on any atom is -0.398 e. The zero-order valence-corrected chi connectivity index (χ0v) is 12.5. The fourth-order valence-electron chi connectivity index (χ4n) is 2.92. The SMILES string of the molecule is CC1(C)CC(C(=O)c2ccc(Cl)cc2N)C(C)(C)O1. The Balaban J connectivity index is 2.34. The highest BCUT2D eigenvalue weighted by Gasteiger charge is 2.49. The number of ketones is 1. The van der Waals surface area contributed by atoms with Crippen LogP contribution < -0.4 is 5.73 Å². The molecule has 1 aromatic carbocycles. The minimum absolute atomic E-state index is 0.0322. The van der Waals surface area contributed by atoms with Gasteiger partial charge in [0.25, 0.3) is 0 Å². The smallest absolute Gasteiger partial charge is 0.170 e. The van der Waals surface area contributed by atoms with Crippen molar-refractivity contribution in [1.29, 1.82) is 0 Å². The summed E-state index contributed by atoms with van der Waals surface area (Å²) >= 11 is 5.87. The summed E-state index contributed by atoms with van der Waals surface area (Å²) in [5.41, 5.74) is 6.09. The molecule has 2 rings (SSSR count). The van der Waals surface area contributed by atoms with Crippen LogP contribution >= 0.6 is 11.6 Å². The van der Waals surface area contributed by atoms with Gasteiger partial charge in [-0.1, -0.05) is 11.6 Å². The molecule has 0 radical (unpaired) electrons. The first-order valence-corrected chi connectivity index (χ1v) is 6.80. The lowest BCUT2D eigenvalue weighted by Gasteiger charge is -2.26. The molecule has 1 saturated heterocycles. The van der Waals surface area contributed by atoms with Crippen molar-refractivity contribution in [3.8, 4) is 0 Å². The highest BCUT2D eigenvalue weighted by Crippen LogP contribution is 2.43. The Morgan fingerprint density at radius 1 is 1.37 bits per heavy atom. The number of carbonyl (C=O) groups excluding carboxylic acids is 1. The number of nitrogen functional groups attached to an aromatic ring is 1. The van der Waals surface area contributed by atoms with Gasteiger partial charge in [-0.15, -0.1) is 0 Å². The molecule has 104 valence electrons. The largest absolute Gasteiger partial charge is 0.398 e. The average molecular weight is 282 g/mol. The Labute approximate surface area is 119 Å². The Bertz CT molecular complexity index is 523. The van der Waals surface area contributed by atoms with Crippen molar-refractivity contribution in [2.45, 2.75) is 45.3 Å². The second kappa shape index (κ2) is 4.50. The summed E-state index contributed by atoms with van der Waals surface area (Å²) in [4.78, 5) is 12.7. The second-order valence-corrected chi connectivity index (χ2v) is 6.75. The summed E-state index contributed by atoms with van der Waals surface area (Å²) in [5, 5.41) is 0.538. The lowest BCUT2D eigenvalue weighted by atomic mass is 9.81. The molecule has 1 unspecified atom stereocenters. The van der Waals surface area contributed by atoms with Gasteiger partial charge in [-0.2, -0.15) is 0 Å². The van der Waals surface area contributed by atoms with Gasteiger partial charge in [0, 0.05) is 16.3 Å². The third-order valence-corrected chi connectivity index (χ3v) is 3.90. The van der Waals surface area contributed by atoms with Crippen LogP contribution in [0.15, 0.2) is 18.2 Å². The Hall–Kier alpha value is -1.06. The topological polar surface area (TPSA) is 52.3 Å². The van der Waals surface area contributed by atoms with E-state index in [-0.39, 0.29) is 17.3 Å². The summed E-state index contributed by atoms with van der Waals surface area (Å²) in [5.74, 6) is -0.157. The third kappa shape index (κ3) is 2.77. The Morgan fingerprint density at radius 2 is 2.00 bits per heavy atom. The zero-order chi connectivity index (χ0) is 14.4. The number of rotatable bonds is 2.